The Hall–Kier alpha value is -2.84. The molecule has 222 valence electrons. The molecule has 1 aliphatic rings. The number of hydrogen-bond acceptors (Lipinski definition) is 4. The van der Waals surface area contributed by atoms with E-state index >= 15 is 0 Å². The summed E-state index contributed by atoms with van der Waals surface area (Å²) in [6.07, 6.45) is 11.1. The molecule has 1 N–H and O–H groups in total. The quantitative estimate of drug-likeness (QED) is 0.224. The van der Waals surface area contributed by atoms with Crippen molar-refractivity contribution < 1.29 is 14.3 Å². The summed E-state index contributed by atoms with van der Waals surface area (Å²) >= 11 is 0. The topological polar surface area (TPSA) is 55.4 Å². The fourth-order valence-corrected chi connectivity index (χ4v) is 4.34. The number of Topliss-reactive ketones (excluding diaryl/α,β-unsaturated/α-hetero) is 1. The van der Waals surface area contributed by atoms with Crippen LogP contribution in [0.4, 0.5) is 0 Å². The summed E-state index contributed by atoms with van der Waals surface area (Å²) < 4.78 is 5.63. The molecule has 0 radical (unpaired) electrons. The van der Waals surface area contributed by atoms with Crippen LogP contribution in [0, 0.1) is 17.8 Å². The third kappa shape index (κ3) is 16.7. The van der Waals surface area contributed by atoms with Crippen molar-refractivity contribution >= 4 is 24.7 Å². The summed E-state index contributed by atoms with van der Waals surface area (Å²) in [6, 6.07) is 8.35. The lowest BCUT2D eigenvalue weighted by molar-refractivity contribution is -0.122. The van der Waals surface area contributed by atoms with Crippen LogP contribution in [0.3, 0.4) is 0 Å². The standard InChI is InChI=1S/C28H39NO2.C3H8.C2H6.CH2O.CH4/c1-7-20(4)10-15-24(9-3)26-17-25(21(5)30)18-27(19-26)29-28(31-6)16-23-13-11-22(8-2)12-14-23;1-3-2;2*1-2;/h8,11-14,16,20,25-27,29H,2-3,7,10,15,17-19H2,1,4-6H3;3H2,1-2H3;1-2H3;1H2;1H4/b28-16+;;;;/t20?,25?,26?,27-;;;;/m0..../s1. The molecule has 0 spiro atoms. The van der Waals surface area contributed by atoms with Gasteiger partial charge in [-0.25, -0.2) is 0 Å². The van der Waals surface area contributed by atoms with Crippen LogP contribution in [0.5, 0.6) is 0 Å². The van der Waals surface area contributed by atoms with Crippen molar-refractivity contribution in [2.75, 3.05) is 7.11 Å². The second-order valence-corrected chi connectivity index (χ2v) is 9.60. The zero-order valence-corrected chi connectivity index (χ0v) is 25.6. The molecule has 0 bridgehead atoms. The molecular weight excluding hydrogens is 482 g/mol. The lowest BCUT2D eigenvalue weighted by atomic mass is 9.73. The zero-order chi connectivity index (χ0) is 29.5. The number of benzene rings is 1. The minimum Gasteiger partial charge on any atom is -0.482 e. The van der Waals surface area contributed by atoms with Crippen molar-refractivity contribution in [1.82, 2.24) is 5.32 Å². The van der Waals surface area contributed by atoms with Crippen molar-refractivity contribution in [2.45, 2.75) is 107 Å². The Bertz CT molecular complexity index is 849. The second kappa shape index (κ2) is 25.4. The lowest BCUT2D eigenvalue weighted by Gasteiger charge is -2.36. The van der Waals surface area contributed by atoms with Crippen molar-refractivity contribution in [2.24, 2.45) is 17.8 Å². The molecule has 0 saturated heterocycles. The van der Waals surface area contributed by atoms with Crippen LogP contribution in [0.25, 0.3) is 12.2 Å². The van der Waals surface area contributed by atoms with Crippen molar-refractivity contribution in [1.29, 1.82) is 0 Å². The number of ketones is 1. The molecule has 0 heterocycles. The maximum atomic E-state index is 12.3. The Morgan fingerprint density at radius 1 is 1.08 bits per heavy atom. The number of rotatable bonds is 11. The molecule has 4 nitrogen and oxygen atoms in total. The van der Waals surface area contributed by atoms with Crippen LogP contribution in [0.2, 0.25) is 0 Å². The van der Waals surface area contributed by atoms with Crippen LogP contribution >= 0.6 is 0 Å². The Morgan fingerprint density at radius 2 is 1.59 bits per heavy atom. The van der Waals surface area contributed by atoms with Gasteiger partial charge in [-0.05, 0) is 67.6 Å². The van der Waals surface area contributed by atoms with Gasteiger partial charge < -0.3 is 14.8 Å². The van der Waals surface area contributed by atoms with E-state index in [9.17, 15) is 4.79 Å². The first-order valence-corrected chi connectivity index (χ1v) is 14.2. The maximum absolute atomic E-state index is 12.3. The lowest BCUT2D eigenvalue weighted by Crippen LogP contribution is -2.39. The minimum atomic E-state index is 0. The molecule has 4 heteroatoms. The third-order valence-electron chi connectivity index (χ3n) is 6.64. The van der Waals surface area contributed by atoms with Gasteiger partial charge in [0.2, 0.25) is 0 Å². The van der Waals surface area contributed by atoms with Crippen molar-refractivity contribution in [3.05, 3.63) is 65.7 Å². The van der Waals surface area contributed by atoms with Gasteiger partial charge in [-0.15, -0.1) is 5.73 Å². The molecule has 3 unspecified atom stereocenters. The Labute approximate surface area is 241 Å². The molecule has 0 aromatic heterocycles. The van der Waals surface area contributed by atoms with Gasteiger partial charge in [0, 0.05) is 18.0 Å². The number of carbonyl (C=O) groups excluding carboxylic acids is 2. The molecule has 39 heavy (non-hydrogen) atoms. The Kier molecular flexibility index (Phi) is 26.5. The molecule has 1 saturated carbocycles. The fraction of sp³-hybridized carbons (Fsp3) is 0.571. The highest BCUT2D eigenvalue weighted by atomic mass is 16.5. The van der Waals surface area contributed by atoms with E-state index in [1.165, 1.54) is 18.4 Å². The monoisotopic (exact) mass is 541 g/mol. The van der Waals surface area contributed by atoms with E-state index in [0.717, 1.165) is 49.1 Å². The normalized spacial score (nSPS) is 18.4. The number of methoxy groups -OCH3 is 1. The van der Waals surface area contributed by atoms with Gasteiger partial charge in [-0.1, -0.05) is 105 Å². The van der Waals surface area contributed by atoms with Crippen LogP contribution in [-0.4, -0.2) is 25.7 Å². The molecule has 1 aromatic rings. The van der Waals surface area contributed by atoms with E-state index in [0.29, 0.717) is 11.8 Å². The van der Waals surface area contributed by atoms with Crippen LogP contribution in [-0.2, 0) is 14.3 Å². The summed E-state index contributed by atoms with van der Waals surface area (Å²) in [7, 11) is 1.68. The number of carbonyl (C=O) groups is 2. The largest absolute Gasteiger partial charge is 0.482 e. The number of ether oxygens (including phenoxy) is 1. The average molecular weight is 542 g/mol. The predicted molar refractivity (Wildman–Crippen MR) is 172 cm³/mol. The van der Waals surface area contributed by atoms with Gasteiger partial charge in [0.25, 0.3) is 0 Å². The fourth-order valence-electron chi connectivity index (χ4n) is 4.34. The average Bonchev–Trinajstić information content (AvgIpc) is 2.95. The molecule has 0 aliphatic heterocycles. The highest BCUT2D eigenvalue weighted by Crippen LogP contribution is 2.36. The summed E-state index contributed by atoms with van der Waals surface area (Å²) in [4.78, 5) is 20.3. The predicted octanol–water partition coefficient (Wildman–Crippen LogP) is 9.67. The van der Waals surface area contributed by atoms with Gasteiger partial charge in [0.15, 0.2) is 5.88 Å². The second-order valence-electron chi connectivity index (χ2n) is 9.60. The summed E-state index contributed by atoms with van der Waals surface area (Å²) in [6.45, 7) is 24.3. The Balaban J connectivity index is -0.00000148. The summed E-state index contributed by atoms with van der Waals surface area (Å²) in [5, 5.41) is 3.56. The molecular formula is C35H59NO3. The molecule has 1 fully saturated rings. The summed E-state index contributed by atoms with van der Waals surface area (Å²) in [5.74, 6) is 2.09. The smallest absolute Gasteiger partial charge is 0.187 e. The van der Waals surface area contributed by atoms with E-state index in [-0.39, 0.29) is 25.2 Å². The van der Waals surface area contributed by atoms with Crippen molar-refractivity contribution in [3.63, 3.8) is 0 Å². The van der Waals surface area contributed by atoms with E-state index in [4.69, 9.17) is 9.53 Å². The van der Waals surface area contributed by atoms with Gasteiger partial charge >= 0.3 is 0 Å². The number of allylic oxidation sites excluding steroid dienone is 1. The highest BCUT2D eigenvalue weighted by molar-refractivity contribution is 5.78. The maximum Gasteiger partial charge on any atom is 0.187 e. The first-order chi connectivity index (χ1) is 18.3. The van der Waals surface area contributed by atoms with E-state index < -0.39 is 0 Å². The Morgan fingerprint density at radius 3 is 2.03 bits per heavy atom. The van der Waals surface area contributed by atoms with E-state index in [2.05, 4.69) is 51.9 Å². The van der Waals surface area contributed by atoms with Crippen LogP contribution in [0.1, 0.15) is 112 Å². The molecule has 0 amide bonds. The van der Waals surface area contributed by atoms with Crippen molar-refractivity contribution in [3.8, 4) is 0 Å². The van der Waals surface area contributed by atoms with E-state index in [1.54, 1.807) is 14.0 Å². The molecule has 2 rings (SSSR count). The number of nitrogens with one attached hydrogen (secondary N) is 1. The molecule has 1 aromatic carbocycles. The molecule has 1 aliphatic carbocycles. The van der Waals surface area contributed by atoms with Gasteiger partial charge in [-0.3, -0.25) is 4.79 Å². The van der Waals surface area contributed by atoms with E-state index in [1.807, 2.05) is 57.1 Å². The third-order valence-corrected chi connectivity index (χ3v) is 6.64. The number of hydrogen-bond donors (Lipinski definition) is 1. The first-order valence-electron chi connectivity index (χ1n) is 14.2. The zero-order valence-electron chi connectivity index (χ0n) is 25.6. The summed E-state index contributed by atoms with van der Waals surface area (Å²) in [5.41, 5.74) is 6.65. The SMILES string of the molecule is C.C=C=C(CCC(C)CC)C1CC(C(C)=O)C[C@H](N/C(=C\c2ccc(C=C)cc2)OC)C1.C=O.CC.CCC. The first kappa shape index (κ1) is 40.7. The molecule has 4 atom stereocenters. The van der Waals surface area contributed by atoms with Crippen LogP contribution < -0.4 is 5.32 Å². The van der Waals surface area contributed by atoms with Gasteiger partial charge in [-0.2, -0.15) is 0 Å². The van der Waals surface area contributed by atoms with Gasteiger partial charge in [0.1, 0.15) is 12.6 Å². The highest BCUT2D eigenvalue weighted by Gasteiger charge is 2.33. The van der Waals surface area contributed by atoms with Gasteiger partial charge in [0.05, 0.1) is 7.11 Å². The minimum absolute atomic E-state index is 0. The van der Waals surface area contributed by atoms with Crippen LogP contribution in [0.15, 0.2) is 54.6 Å².